The topological polar surface area (TPSA) is 114 Å². The minimum atomic E-state index is -0.730. The second-order valence-electron chi connectivity index (χ2n) is 10.3. The van der Waals surface area contributed by atoms with Crippen LogP contribution in [0.1, 0.15) is 38.7 Å². The number of rotatable bonds is 9. The van der Waals surface area contributed by atoms with Crippen molar-refractivity contribution in [3.63, 3.8) is 0 Å². The number of hydrogen-bond donors (Lipinski definition) is 3. The van der Waals surface area contributed by atoms with Gasteiger partial charge in [-0.25, -0.2) is 4.79 Å². The number of fused-ring (bicyclic) bond motifs is 2. The third-order valence-corrected chi connectivity index (χ3v) is 8.23. The molecular formula is C35H29BrN2O6. The third-order valence-electron chi connectivity index (χ3n) is 7.74. The third kappa shape index (κ3) is 5.42. The molecule has 9 heteroatoms. The van der Waals surface area contributed by atoms with E-state index in [-0.39, 0.29) is 23.8 Å². The van der Waals surface area contributed by atoms with Gasteiger partial charge in [0.25, 0.3) is 5.91 Å². The summed E-state index contributed by atoms with van der Waals surface area (Å²) in [6.45, 7) is 0.289. The molecule has 3 N–H and O–H groups in total. The molecule has 0 radical (unpaired) electrons. The molecule has 2 heterocycles. The monoisotopic (exact) mass is 652 g/mol. The van der Waals surface area contributed by atoms with E-state index in [1.807, 2.05) is 48.5 Å². The van der Waals surface area contributed by atoms with Crippen molar-refractivity contribution in [1.29, 1.82) is 0 Å². The van der Waals surface area contributed by atoms with Crippen molar-refractivity contribution in [1.82, 2.24) is 10.3 Å². The van der Waals surface area contributed by atoms with Crippen LogP contribution in [-0.4, -0.2) is 36.8 Å². The Balaban J connectivity index is 1.51. The molecule has 0 aliphatic carbocycles. The molecule has 0 spiro atoms. The minimum absolute atomic E-state index is 0.111. The molecule has 8 nitrogen and oxygen atoms in total. The summed E-state index contributed by atoms with van der Waals surface area (Å²) >= 11 is 3.57. The predicted molar refractivity (Wildman–Crippen MR) is 173 cm³/mol. The highest BCUT2D eigenvalue weighted by molar-refractivity contribution is 9.10. The first-order valence-electron chi connectivity index (χ1n) is 14.0. The highest BCUT2D eigenvalue weighted by atomic mass is 79.9. The zero-order valence-corrected chi connectivity index (χ0v) is 25.6. The summed E-state index contributed by atoms with van der Waals surface area (Å²) in [6.07, 6.45) is 0.410. The molecule has 1 amide bonds. The smallest absolute Gasteiger partial charge is 0.344 e. The number of carbonyl (C=O) groups excluding carboxylic acids is 1. The number of benzene rings is 4. The maximum Gasteiger partial charge on any atom is 0.344 e. The van der Waals surface area contributed by atoms with Gasteiger partial charge in [0.2, 0.25) is 0 Å². The second kappa shape index (κ2) is 12.3. The quantitative estimate of drug-likeness (QED) is 0.146. The lowest BCUT2D eigenvalue weighted by Crippen LogP contribution is -2.26. The molecular weight excluding hydrogens is 624 g/mol. The van der Waals surface area contributed by atoms with Crippen LogP contribution in [0.15, 0.2) is 105 Å². The Kier molecular flexibility index (Phi) is 8.13. The lowest BCUT2D eigenvalue weighted by atomic mass is 9.85. The van der Waals surface area contributed by atoms with Crippen LogP contribution in [-0.2, 0) is 6.42 Å². The van der Waals surface area contributed by atoms with E-state index in [0.29, 0.717) is 40.1 Å². The SMILES string of the molecule is COc1ccc2[nH]c(C(c3cccc(Br)c3)c3c(O)c4ccccc4oc3=O)c(CCNC(=O)c3ccccc3OC)c2c1. The molecule has 2 aromatic heterocycles. The number of aromatic amines is 1. The van der Waals surface area contributed by atoms with Crippen molar-refractivity contribution in [2.45, 2.75) is 12.3 Å². The number of carbonyl (C=O) groups is 1. The molecule has 0 saturated heterocycles. The normalized spacial score (nSPS) is 11.9. The van der Waals surface area contributed by atoms with Gasteiger partial charge in [0.1, 0.15) is 22.8 Å². The summed E-state index contributed by atoms with van der Waals surface area (Å²) in [4.78, 5) is 30.3. The maximum atomic E-state index is 13.6. The van der Waals surface area contributed by atoms with Crippen LogP contribution in [0.4, 0.5) is 0 Å². The summed E-state index contributed by atoms with van der Waals surface area (Å²) in [5.41, 5.74) is 3.32. The fourth-order valence-corrected chi connectivity index (χ4v) is 6.10. The van der Waals surface area contributed by atoms with E-state index in [9.17, 15) is 14.7 Å². The van der Waals surface area contributed by atoms with Crippen LogP contribution in [0.2, 0.25) is 0 Å². The molecule has 44 heavy (non-hydrogen) atoms. The molecule has 1 atom stereocenters. The van der Waals surface area contributed by atoms with Gasteiger partial charge < -0.3 is 29.3 Å². The van der Waals surface area contributed by atoms with E-state index in [1.165, 1.54) is 7.11 Å². The van der Waals surface area contributed by atoms with Crippen LogP contribution in [0.5, 0.6) is 17.2 Å². The number of nitrogens with one attached hydrogen (secondary N) is 2. The van der Waals surface area contributed by atoms with Crippen LogP contribution in [0.25, 0.3) is 21.9 Å². The molecule has 6 aromatic rings. The molecule has 0 fully saturated rings. The number of methoxy groups -OCH3 is 2. The van der Waals surface area contributed by atoms with Crippen LogP contribution < -0.4 is 20.4 Å². The summed E-state index contributed by atoms with van der Waals surface area (Å²) < 4.78 is 17.4. The number of H-pyrrole nitrogens is 1. The fourth-order valence-electron chi connectivity index (χ4n) is 5.69. The van der Waals surface area contributed by atoms with Gasteiger partial charge in [0.05, 0.1) is 36.7 Å². The summed E-state index contributed by atoms with van der Waals surface area (Å²) in [5, 5.41) is 15.9. The van der Waals surface area contributed by atoms with E-state index in [4.69, 9.17) is 13.9 Å². The Hall–Kier alpha value is -5.02. The zero-order chi connectivity index (χ0) is 30.8. The van der Waals surface area contributed by atoms with Gasteiger partial charge in [-0.1, -0.05) is 52.3 Å². The van der Waals surface area contributed by atoms with Gasteiger partial charge in [-0.05, 0) is 72.1 Å². The first kappa shape index (κ1) is 29.1. The first-order valence-corrected chi connectivity index (χ1v) is 14.8. The van der Waals surface area contributed by atoms with Crippen LogP contribution >= 0.6 is 15.9 Å². The number of ether oxygens (including phenoxy) is 2. The van der Waals surface area contributed by atoms with Crippen molar-refractivity contribution in [3.8, 4) is 17.2 Å². The highest BCUT2D eigenvalue weighted by Crippen LogP contribution is 2.42. The average Bonchev–Trinajstić information content (AvgIpc) is 3.39. The molecule has 0 saturated carbocycles. The maximum absolute atomic E-state index is 13.6. The summed E-state index contributed by atoms with van der Waals surface area (Å²) in [7, 11) is 3.13. The number of halogens is 1. The fraction of sp³-hybridized carbons (Fsp3) is 0.143. The minimum Gasteiger partial charge on any atom is -0.507 e. The lowest BCUT2D eigenvalue weighted by molar-refractivity contribution is 0.0951. The van der Waals surface area contributed by atoms with Crippen LogP contribution in [0, 0.1) is 0 Å². The van der Waals surface area contributed by atoms with Crippen molar-refractivity contribution >= 4 is 43.7 Å². The molecule has 1 unspecified atom stereocenters. The van der Waals surface area contributed by atoms with Crippen molar-refractivity contribution < 1.29 is 23.8 Å². The number of hydrogen-bond acceptors (Lipinski definition) is 6. The van der Waals surface area contributed by atoms with Crippen molar-refractivity contribution in [3.05, 3.63) is 134 Å². The Morgan fingerprint density at radius 1 is 0.955 bits per heavy atom. The second-order valence-corrected chi connectivity index (χ2v) is 11.2. The number of para-hydroxylation sites is 2. The number of amides is 1. The van der Waals surface area contributed by atoms with Gasteiger partial charge >= 0.3 is 5.63 Å². The van der Waals surface area contributed by atoms with Crippen LogP contribution in [0.3, 0.4) is 0 Å². The summed E-state index contributed by atoms with van der Waals surface area (Å²) in [6, 6.07) is 27.2. The van der Waals surface area contributed by atoms with E-state index in [0.717, 1.165) is 26.5 Å². The zero-order valence-electron chi connectivity index (χ0n) is 24.0. The largest absolute Gasteiger partial charge is 0.507 e. The molecule has 0 aliphatic rings. The van der Waals surface area contributed by atoms with E-state index in [2.05, 4.69) is 26.2 Å². The molecule has 6 rings (SSSR count). The van der Waals surface area contributed by atoms with E-state index >= 15 is 0 Å². The average molecular weight is 654 g/mol. The van der Waals surface area contributed by atoms with Gasteiger partial charge in [-0.2, -0.15) is 0 Å². The Bertz CT molecular complexity index is 2060. The summed E-state index contributed by atoms with van der Waals surface area (Å²) in [5.74, 6) is 0.00288. The molecule has 222 valence electrons. The number of aromatic nitrogens is 1. The Labute approximate surface area is 261 Å². The van der Waals surface area contributed by atoms with Gasteiger partial charge in [-0.3, -0.25) is 4.79 Å². The predicted octanol–water partition coefficient (Wildman–Crippen LogP) is 6.91. The van der Waals surface area contributed by atoms with Gasteiger partial charge in [-0.15, -0.1) is 0 Å². The van der Waals surface area contributed by atoms with Gasteiger partial charge in [0.15, 0.2) is 0 Å². The standard InChI is InChI=1S/C35H29BrN2O6/c1-42-22-14-15-27-26(19-22)23(16-17-37-34(40)25-11-4-5-12-28(25)43-2)32(38-27)30(20-8-7-9-21(36)18-20)31-33(39)24-10-3-6-13-29(24)44-35(31)41/h3-15,18-19,30,38-39H,16-17H2,1-2H3,(H,37,40). The number of aromatic hydroxyl groups is 1. The molecule has 0 aliphatic heterocycles. The van der Waals surface area contributed by atoms with E-state index < -0.39 is 11.5 Å². The first-order chi connectivity index (χ1) is 21.4. The van der Waals surface area contributed by atoms with Crippen molar-refractivity contribution in [2.24, 2.45) is 0 Å². The van der Waals surface area contributed by atoms with E-state index in [1.54, 1.807) is 49.6 Å². The highest BCUT2D eigenvalue weighted by Gasteiger charge is 2.30. The molecule has 0 bridgehead atoms. The Morgan fingerprint density at radius 2 is 1.75 bits per heavy atom. The lowest BCUT2D eigenvalue weighted by Gasteiger charge is -2.20. The molecule has 4 aromatic carbocycles. The van der Waals surface area contributed by atoms with Gasteiger partial charge in [0, 0.05) is 27.6 Å². The Morgan fingerprint density at radius 3 is 2.55 bits per heavy atom. The van der Waals surface area contributed by atoms with Crippen molar-refractivity contribution in [2.75, 3.05) is 20.8 Å².